The van der Waals surface area contributed by atoms with E-state index in [1.54, 1.807) is 25.4 Å². The summed E-state index contributed by atoms with van der Waals surface area (Å²) >= 11 is 0. The highest BCUT2D eigenvalue weighted by atomic mass is 16.5. The van der Waals surface area contributed by atoms with Crippen LogP contribution in [0, 0.1) is 5.92 Å². The summed E-state index contributed by atoms with van der Waals surface area (Å²) in [4.78, 5) is 15.9. The molecule has 0 spiro atoms. The van der Waals surface area contributed by atoms with Gasteiger partial charge in [-0.15, -0.1) is 0 Å². The summed E-state index contributed by atoms with van der Waals surface area (Å²) in [7, 11) is 1.56. The Balaban J connectivity index is 1.94. The van der Waals surface area contributed by atoms with Crippen molar-refractivity contribution in [3.05, 3.63) is 23.9 Å². The van der Waals surface area contributed by atoms with E-state index in [9.17, 15) is 4.79 Å². The zero-order chi connectivity index (χ0) is 12.3. The molecule has 2 unspecified atom stereocenters. The number of nitrogens with one attached hydrogen (secondary N) is 1. The van der Waals surface area contributed by atoms with E-state index in [0.717, 1.165) is 12.8 Å². The fourth-order valence-corrected chi connectivity index (χ4v) is 2.24. The fraction of sp³-hybridized carbons (Fsp3) is 0.538. The fourth-order valence-electron chi connectivity index (χ4n) is 2.24. The Morgan fingerprint density at radius 3 is 2.82 bits per heavy atom. The van der Waals surface area contributed by atoms with E-state index >= 15 is 0 Å². The number of methoxy groups -OCH3 is 1. The summed E-state index contributed by atoms with van der Waals surface area (Å²) in [6.45, 7) is 2.22. The molecule has 0 aliphatic heterocycles. The van der Waals surface area contributed by atoms with Crippen molar-refractivity contribution >= 4 is 5.91 Å². The number of ether oxygens (including phenoxy) is 1. The standard InChI is InChI=1S/C13H18N2O2/c1-9-3-5-11(7-9)15-13(16)10-4-6-12(17-2)14-8-10/h4,6,8-9,11H,3,5,7H2,1-2H3,(H,15,16). The summed E-state index contributed by atoms with van der Waals surface area (Å²) in [5.41, 5.74) is 0.588. The van der Waals surface area contributed by atoms with Crippen LogP contribution in [-0.2, 0) is 0 Å². The monoisotopic (exact) mass is 234 g/mol. The molecule has 92 valence electrons. The van der Waals surface area contributed by atoms with Gasteiger partial charge in [0.1, 0.15) is 0 Å². The number of carbonyl (C=O) groups is 1. The Labute approximate surface area is 101 Å². The average Bonchev–Trinajstić information content (AvgIpc) is 2.75. The highest BCUT2D eigenvalue weighted by Gasteiger charge is 2.23. The Morgan fingerprint density at radius 1 is 1.47 bits per heavy atom. The molecule has 17 heavy (non-hydrogen) atoms. The minimum Gasteiger partial charge on any atom is -0.481 e. The van der Waals surface area contributed by atoms with Crippen molar-refractivity contribution < 1.29 is 9.53 Å². The number of nitrogens with zero attached hydrogens (tertiary/aromatic N) is 1. The highest BCUT2D eigenvalue weighted by molar-refractivity contribution is 5.94. The van der Waals surface area contributed by atoms with Crippen molar-refractivity contribution in [1.82, 2.24) is 10.3 Å². The number of hydrogen-bond acceptors (Lipinski definition) is 3. The van der Waals surface area contributed by atoms with Gasteiger partial charge in [0.05, 0.1) is 12.7 Å². The lowest BCUT2D eigenvalue weighted by atomic mass is 10.1. The van der Waals surface area contributed by atoms with Crippen LogP contribution in [0.25, 0.3) is 0 Å². The molecule has 0 saturated heterocycles. The first-order valence-corrected chi connectivity index (χ1v) is 6.00. The van der Waals surface area contributed by atoms with Gasteiger partial charge in [-0.2, -0.15) is 0 Å². The van der Waals surface area contributed by atoms with Crippen LogP contribution in [0.4, 0.5) is 0 Å². The van der Waals surface area contributed by atoms with E-state index < -0.39 is 0 Å². The Hall–Kier alpha value is -1.58. The van der Waals surface area contributed by atoms with E-state index in [4.69, 9.17) is 4.74 Å². The zero-order valence-corrected chi connectivity index (χ0v) is 10.3. The van der Waals surface area contributed by atoms with Gasteiger partial charge in [0.2, 0.25) is 5.88 Å². The summed E-state index contributed by atoms with van der Waals surface area (Å²) in [6.07, 6.45) is 4.91. The van der Waals surface area contributed by atoms with E-state index in [1.165, 1.54) is 6.42 Å². The van der Waals surface area contributed by atoms with Gasteiger partial charge in [-0.3, -0.25) is 4.79 Å². The second-order valence-corrected chi connectivity index (χ2v) is 4.68. The number of hydrogen-bond donors (Lipinski definition) is 1. The number of amides is 1. The van der Waals surface area contributed by atoms with Crippen LogP contribution < -0.4 is 10.1 Å². The summed E-state index contributed by atoms with van der Waals surface area (Å²) in [5.74, 6) is 1.20. The quantitative estimate of drug-likeness (QED) is 0.870. The molecule has 1 heterocycles. The molecule has 1 fully saturated rings. The molecule has 4 nitrogen and oxygen atoms in total. The van der Waals surface area contributed by atoms with Gasteiger partial charge in [-0.25, -0.2) is 4.98 Å². The minimum absolute atomic E-state index is 0.0424. The molecule has 1 N–H and O–H groups in total. The molecule has 0 aromatic carbocycles. The number of carbonyl (C=O) groups excluding carboxylic acids is 1. The van der Waals surface area contributed by atoms with Gasteiger partial charge in [0.25, 0.3) is 5.91 Å². The van der Waals surface area contributed by atoms with E-state index in [0.29, 0.717) is 23.4 Å². The molecule has 4 heteroatoms. The molecule has 0 bridgehead atoms. The number of rotatable bonds is 3. The predicted molar refractivity (Wildman–Crippen MR) is 65.1 cm³/mol. The molecule has 1 aromatic rings. The predicted octanol–water partition coefficient (Wildman–Crippen LogP) is 2.01. The van der Waals surface area contributed by atoms with Gasteiger partial charge in [-0.1, -0.05) is 6.92 Å². The van der Waals surface area contributed by atoms with Crippen molar-refractivity contribution in [2.75, 3.05) is 7.11 Å². The largest absolute Gasteiger partial charge is 0.481 e. The van der Waals surface area contributed by atoms with Gasteiger partial charge in [0.15, 0.2) is 0 Å². The summed E-state index contributed by atoms with van der Waals surface area (Å²) < 4.78 is 4.95. The molecule has 1 aliphatic carbocycles. The Kier molecular flexibility index (Phi) is 3.61. The Bertz CT molecular complexity index is 389. The highest BCUT2D eigenvalue weighted by Crippen LogP contribution is 2.24. The maximum absolute atomic E-state index is 11.9. The topological polar surface area (TPSA) is 51.2 Å². The maximum Gasteiger partial charge on any atom is 0.253 e. The molecule has 0 radical (unpaired) electrons. The SMILES string of the molecule is COc1ccc(C(=O)NC2CCC(C)C2)cn1. The first kappa shape index (κ1) is 11.9. The molecule has 2 rings (SSSR count). The summed E-state index contributed by atoms with van der Waals surface area (Å²) in [6, 6.07) is 3.76. The smallest absolute Gasteiger partial charge is 0.253 e. The third-order valence-electron chi connectivity index (χ3n) is 3.24. The zero-order valence-electron chi connectivity index (χ0n) is 10.3. The van der Waals surface area contributed by atoms with Crippen molar-refractivity contribution in [1.29, 1.82) is 0 Å². The number of pyridine rings is 1. The molecule has 2 atom stereocenters. The first-order valence-electron chi connectivity index (χ1n) is 6.00. The van der Waals surface area contributed by atoms with Crippen LogP contribution in [-0.4, -0.2) is 24.0 Å². The molecular weight excluding hydrogens is 216 g/mol. The van der Waals surface area contributed by atoms with Gasteiger partial charge in [0, 0.05) is 18.3 Å². The average molecular weight is 234 g/mol. The summed E-state index contributed by atoms with van der Waals surface area (Å²) in [5, 5.41) is 3.04. The van der Waals surface area contributed by atoms with Crippen LogP contribution in [0.1, 0.15) is 36.5 Å². The van der Waals surface area contributed by atoms with Crippen molar-refractivity contribution in [3.8, 4) is 5.88 Å². The third kappa shape index (κ3) is 2.96. The molecule has 1 aromatic heterocycles. The normalized spacial score (nSPS) is 23.4. The van der Waals surface area contributed by atoms with E-state index in [-0.39, 0.29) is 5.91 Å². The first-order chi connectivity index (χ1) is 8.19. The molecule has 1 amide bonds. The Morgan fingerprint density at radius 2 is 2.29 bits per heavy atom. The van der Waals surface area contributed by atoms with Crippen LogP contribution in [0.15, 0.2) is 18.3 Å². The van der Waals surface area contributed by atoms with Crippen LogP contribution in [0.2, 0.25) is 0 Å². The van der Waals surface area contributed by atoms with Crippen LogP contribution >= 0.6 is 0 Å². The number of aromatic nitrogens is 1. The van der Waals surface area contributed by atoms with Gasteiger partial charge in [-0.05, 0) is 31.2 Å². The lowest BCUT2D eigenvalue weighted by molar-refractivity contribution is 0.0937. The third-order valence-corrected chi connectivity index (χ3v) is 3.24. The molecule has 1 saturated carbocycles. The second-order valence-electron chi connectivity index (χ2n) is 4.68. The van der Waals surface area contributed by atoms with Gasteiger partial charge >= 0.3 is 0 Å². The van der Waals surface area contributed by atoms with Crippen molar-refractivity contribution in [2.45, 2.75) is 32.2 Å². The van der Waals surface area contributed by atoms with Gasteiger partial charge < -0.3 is 10.1 Å². The lowest BCUT2D eigenvalue weighted by Crippen LogP contribution is -2.32. The van der Waals surface area contributed by atoms with Crippen LogP contribution in [0.3, 0.4) is 0 Å². The molecule has 1 aliphatic rings. The maximum atomic E-state index is 11.9. The van der Waals surface area contributed by atoms with E-state index in [1.807, 2.05) is 0 Å². The lowest BCUT2D eigenvalue weighted by Gasteiger charge is -2.12. The van der Waals surface area contributed by atoms with Crippen LogP contribution in [0.5, 0.6) is 5.88 Å². The minimum atomic E-state index is -0.0424. The van der Waals surface area contributed by atoms with Crippen molar-refractivity contribution in [3.63, 3.8) is 0 Å². The van der Waals surface area contributed by atoms with Crippen molar-refractivity contribution in [2.24, 2.45) is 5.92 Å². The second kappa shape index (κ2) is 5.17. The van der Waals surface area contributed by atoms with E-state index in [2.05, 4.69) is 17.2 Å². The molecular formula is C13H18N2O2.